The van der Waals surface area contributed by atoms with Crippen molar-refractivity contribution < 1.29 is 14.3 Å². The van der Waals surface area contributed by atoms with Gasteiger partial charge in [-0.25, -0.2) is 9.78 Å². The SMILES string of the molecule is CC(C)c1nc(CC2CCCC2)oc1C(=O)O. The highest BCUT2D eigenvalue weighted by atomic mass is 16.4. The molecular weight excluding hydrogens is 218 g/mol. The fourth-order valence-electron chi connectivity index (χ4n) is 2.47. The van der Waals surface area contributed by atoms with Crippen LogP contribution in [0.25, 0.3) is 0 Å². The molecule has 0 aromatic carbocycles. The quantitative estimate of drug-likeness (QED) is 0.873. The monoisotopic (exact) mass is 237 g/mol. The van der Waals surface area contributed by atoms with Gasteiger partial charge in [-0.05, 0) is 24.7 Å². The molecule has 0 amide bonds. The van der Waals surface area contributed by atoms with E-state index in [-0.39, 0.29) is 11.7 Å². The van der Waals surface area contributed by atoms with E-state index in [2.05, 4.69) is 4.98 Å². The van der Waals surface area contributed by atoms with E-state index in [0.717, 1.165) is 6.42 Å². The van der Waals surface area contributed by atoms with Crippen molar-refractivity contribution >= 4 is 5.97 Å². The molecule has 4 heteroatoms. The summed E-state index contributed by atoms with van der Waals surface area (Å²) in [5.41, 5.74) is 0.575. The third-order valence-electron chi connectivity index (χ3n) is 3.38. The minimum Gasteiger partial charge on any atom is -0.475 e. The Morgan fingerprint density at radius 3 is 2.59 bits per heavy atom. The second-order valence-electron chi connectivity index (χ2n) is 5.14. The minimum atomic E-state index is -1.01. The summed E-state index contributed by atoms with van der Waals surface area (Å²) < 4.78 is 5.39. The van der Waals surface area contributed by atoms with Crippen LogP contribution in [-0.4, -0.2) is 16.1 Å². The average Bonchev–Trinajstić information content (AvgIpc) is 2.86. The number of carboxylic acid groups (broad SMARTS) is 1. The Kier molecular flexibility index (Phi) is 3.50. The molecule has 1 aliphatic carbocycles. The Labute approximate surface area is 101 Å². The van der Waals surface area contributed by atoms with E-state index < -0.39 is 5.97 Å². The summed E-state index contributed by atoms with van der Waals surface area (Å²) in [7, 11) is 0. The van der Waals surface area contributed by atoms with Crippen molar-refractivity contribution in [2.45, 2.75) is 51.9 Å². The Morgan fingerprint density at radius 2 is 2.12 bits per heavy atom. The molecule has 1 saturated carbocycles. The van der Waals surface area contributed by atoms with Crippen molar-refractivity contribution in [1.29, 1.82) is 0 Å². The van der Waals surface area contributed by atoms with Crippen LogP contribution in [0.2, 0.25) is 0 Å². The molecular formula is C13H19NO3. The Hall–Kier alpha value is -1.32. The number of hydrogen-bond acceptors (Lipinski definition) is 3. The zero-order chi connectivity index (χ0) is 12.4. The zero-order valence-electron chi connectivity index (χ0n) is 10.4. The van der Waals surface area contributed by atoms with Gasteiger partial charge in [0.25, 0.3) is 0 Å². The standard InChI is InChI=1S/C13H19NO3/c1-8(2)11-12(13(15)16)17-10(14-11)7-9-5-3-4-6-9/h8-9H,3-7H2,1-2H3,(H,15,16). The molecule has 1 fully saturated rings. The lowest BCUT2D eigenvalue weighted by Gasteiger charge is -2.03. The van der Waals surface area contributed by atoms with Gasteiger partial charge in [0.2, 0.25) is 5.76 Å². The van der Waals surface area contributed by atoms with E-state index >= 15 is 0 Å². The molecule has 94 valence electrons. The lowest BCUT2D eigenvalue weighted by molar-refractivity contribution is 0.0657. The van der Waals surface area contributed by atoms with Gasteiger partial charge in [-0.15, -0.1) is 0 Å². The molecule has 0 radical (unpaired) electrons. The third kappa shape index (κ3) is 2.68. The van der Waals surface area contributed by atoms with Gasteiger partial charge in [0.15, 0.2) is 5.89 Å². The minimum absolute atomic E-state index is 0.0213. The van der Waals surface area contributed by atoms with Crippen LogP contribution in [0.1, 0.15) is 67.6 Å². The van der Waals surface area contributed by atoms with Crippen LogP contribution >= 0.6 is 0 Å². The molecule has 1 aliphatic rings. The normalized spacial score (nSPS) is 16.9. The second kappa shape index (κ2) is 4.90. The molecule has 1 aromatic heterocycles. The van der Waals surface area contributed by atoms with Crippen molar-refractivity contribution in [2.24, 2.45) is 5.92 Å². The van der Waals surface area contributed by atoms with Gasteiger partial charge in [-0.1, -0.05) is 26.7 Å². The maximum absolute atomic E-state index is 11.0. The summed E-state index contributed by atoms with van der Waals surface area (Å²) in [5.74, 6) is 0.308. The Bertz CT molecular complexity index is 403. The van der Waals surface area contributed by atoms with Gasteiger partial charge in [0.1, 0.15) is 0 Å². The van der Waals surface area contributed by atoms with Crippen LogP contribution in [-0.2, 0) is 6.42 Å². The fourth-order valence-corrected chi connectivity index (χ4v) is 2.47. The van der Waals surface area contributed by atoms with Crippen LogP contribution in [0.5, 0.6) is 0 Å². The Balaban J connectivity index is 2.17. The highest BCUT2D eigenvalue weighted by Gasteiger charge is 2.24. The van der Waals surface area contributed by atoms with Crippen LogP contribution in [0, 0.1) is 5.92 Å². The van der Waals surface area contributed by atoms with Crippen molar-refractivity contribution in [1.82, 2.24) is 4.98 Å². The van der Waals surface area contributed by atoms with E-state index in [1.54, 1.807) is 0 Å². The van der Waals surface area contributed by atoms with Gasteiger partial charge in [-0.2, -0.15) is 0 Å². The van der Waals surface area contributed by atoms with E-state index in [1.165, 1.54) is 25.7 Å². The highest BCUT2D eigenvalue weighted by molar-refractivity contribution is 5.85. The molecule has 1 aromatic rings. The van der Waals surface area contributed by atoms with Gasteiger partial charge < -0.3 is 9.52 Å². The summed E-state index contributed by atoms with van der Waals surface area (Å²) in [5, 5.41) is 9.05. The number of aromatic carboxylic acids is 1. The van der Waals surface area contributed by atoms with Crippen LogP contribution in [0.4, 0.5) is 0 Å². The molecule has 1 heterocycles. The van der Waals surface area contributed by atoms with Crippen molar-refractivity contribution in [2.75, 3.05) is 0 Å². The lowest BCUT2D eigenvalue weighted by atomic mass is 10.0. The predicted octanol–water partition coefficient (Wildman–Crippen LogP) is 3.23. The van der Waals surface area contributed by atoms with Crippen LogP contribution in [0.3, 0.4) is 0 Å². The van der Waals surface area contributed by atoms with Crippen molar-refractivity contribution in [3.63, 3.8) is 0 Å². The predicted molar refractivity (Wildman–Crippen MR) is 63.2 cm³/mol. The van der Waals surface area contributed by atoms with Crippen LogP contribution in [0.15, 0.2) is 4.42 Å². The molecule has 4 nitrogen and oxygen atoms in total. The maximum atomic E-state index is 11.0. The summed E-state index contributed by atoms with van der Waals surface area (Å²) in [6.45, 7) is 3.87. The lowest BCUT2D eigenvalue weighted by Crippen LogP contribution is -2.01. The number of rotatable bonds is 4. The molecule has 0 saturated heterocycles. The first-order valence-electron chi connectivity index (χ1n) is 6.30. The van der Waals surface area contributed by atoms with Crippen LogP contribution < -0.4 is 0 Å². The number of aromatic nitrogens is 1. The zero-order valence-corrected chi connectivity index (χ0v) is 10.4. The second-order valence-corrected chi connectivity index (χ2v) is 5.14. The largest absolute Gasteiger partial charge is 0.475 e. The molecule has 2 rings (SSSR count). The molecule has 1 N–H and O–H groups in total. The number of carbonyl (C=O) groups is 1. The first-order chi connectivity index (χ1) is 8.08. The molecule has 0 aliphatic heterocycles. The molecule has 0 unspecified atom stereocenters. The fraction of sp³-hybridized carbons (Fsp3) is 0.692. The number of oxazole rings is 1. The average molecular weight is 237 g/mol. The summed E-state index contributed by atoms with van der Waals surface area (Å²) in [6.07, 6.45) is 5.75. The van der Waals surface area contributed by atoms with Gasteiger partial charge >= 0.3 is 5.97 Å². The highest BCUT2D eigenvalue weighted by Crippen LogP contribution is 2.29. The summed E-state index contributed by atoms with van der Waals surface area (Å²) >= 11 is 0. The smallest absolute Gasteiger partial charge is 0.373 e. The third-order valence-corrected chi connectivity index (χ3v) is 3.38. The molecule has 0 spiro atoms. The topological polar surface area (TPSA) is 63.3 Å². The maximum Gasteiger partial charge on any atom is 0.373 e. The van der Waals surface area contributed by atoms with Crippen molar-refractivity contribution in [3.05, 3.63) is 17.3 Å². The number of hydrogen-bond donors (Lipinski definition) is 1. The first-order valence-corrected chi connectivity index (χ1v) is 6.30. The summed E-state index contributed by atoms with van der Waals surface area (Å²) in [6, 6.07) is 0. The number of nitrogens with zero attached hydrogens (tertiary/aromatic N) is 1. The van der Waals surface area contributed by atoms with E-state index in [0.29, 0.717) is 17.5 Å². The number of carboxylic acids is 1. The van der Waals surface area contributed by atoms with Gasteiger partial charge in [-0.3, -0.25) is 0 Å². The first kappa shape index (κ1) is 12.1. The Morgan fingerprint density at radius 1 is 1.47 bits per heavy atom. The van der Waals surface area contributed by atoms with Gasteiger partial charge in [0, 0.05) is 6.42 Å². The summed E-state index contributed by atoms with van der Waals surface area (Å²) in [4.78, 5) is 15.4. The van der Waals surface area contributed by atoms with E-state index in [4.69, 9.17) is 9.52 Å². The van der Waals surface area contributed by atoms with Gasteiger partial charge in [0.05, 0.1) is 5.69 Å². The molecule has 0 bridgehead atoms. The van der Waals surface area contributed by atoms with E-state index in [9.17, 15) is 4.79 Å². The molecule has 0 atom stereocenters. The van der Waals surface area contributed by atoms with Crippen molar-refractivity contribution in [3.8, 4) is 0 Å². The molecule has 17 heavy (non-hydrogen) atoms. The van der Waals surface area contributed by atoms with E-state index in [1.807, 2.05) is 13.8 Å².